The summed E-state index contributed by atoms with van der Waals surface area (Å²) in [6.07, 6.45) is 6.63. The van der Waals surface area contributed by atoms with Crippen LogP contribution in [0.2, 0.25) is 0 Å². The lowest BCUT2D eigenvalue weighted by Crippen LogP contribution is -2.28. The van der Waals surface area contributed by atoms with Crippen molar-refractivity contribution >= 4 is 34.0 Å². The van der Waals surface area contributed by atoms with Gasteiger partial charge in [0.2, 0.25) is 0 Å². The molecule has 0 aromatic heterocycles. The van der Waals surface area contributed by atoms with Gasteiger partial charge in [0.25, 0.3) is 11.8 Å². The molecule has 0 radical (unpaired) electrons. The van der Waals surface area contributed by atoms with E-state index in [0.717, 1.165) is 27.2 Å². The number of benzene rings is 1. The Morgan fingerprint density at radius 3 is 2.31 bits per heavy atom. The van der Waals surface area contributed by atoms with Gasteiger partial charge in [0.1, 0.15) is 11.4 Å². The average molecular weight is 417 g/mol. The summed E-state index contributed by atoms with van der Waals surface area (Å²) < 4.78 is 6.66. The van der Waals surface area contributed by atoms with Crippen molar-refractivity contribution in [1.29, 1.82) is 0 Å². The van der Waals surface area contributed by atoms with Crippen molar-refractivity contribution in [2.45, 2.75) is 32.8 Å². The Hall–Kier alpha value is -1.95. The molecule has 136 valence electrons. The molecule has 2 bridgehead atoms. The quantitative estimate of drug-likeness (QED) is 0.428. The molecule has 3 aliphatic rings. The normalized spacial score (nSPS) is 29.9. The summed E-state index contributed by atoms with van der Waals surface area (Å²) in [6.45, 7) is 5.95. The lowest BCUT2D eigenvalue weighted by molar-refractivity contribution is -0.140. The number of imide groups is 1. The number of rotatable bonds is 3. The van der Waals surface area contributed by atoms with Crippen molar-refractivity contribution in [2.24, 2.45) is 28.8 Å². The Balaban J connectivity index is 1.51. The number of carbonyl (C=O) groups excluding carboxylic acids is 2. The zero-order chi connectivity index (χ0) is 18.6. The van der Waals surface area contributed by atoms with E-state index in [4.69, 9.17) is 4.74 Å². The van der Waals surface area contributed by atoms with Crippen LogP contribution in [0.1, 0.15) is 32.8 Å². The summed E-state index contributed by atoms with van der Waals surface area (Å²) in [6, 6.07) is 5.57. The molecule has 0 spiro atoms. The third-order valence-corrected chi connectivity index (χ3v) is 5.76. The summed E-state index contributed by atoms with van der Waals surface area (Å²) in [5.74, 6) is 0.363. The summed E-state index contributed by atoms with van der Waals surface area (Å²) in [5.41, 5.74) is 0.495. The number of hydrogen-bond acceptors (Lipinski definition) is 4. The second kappa shape index (κ2) is 6.05. The monoisotopic (exact) mass is 416 g/mol. The minimum Gasteiger partial charge on any atom is -0.487 e. The van der Waals surface area contributed by atoms with Gasteiger partial charge < -0.3 is 4.74 Å². The third-order valence-electron chi connectivity index (χ3n) is 5.14. The zero-order valence-corrected chi connectivity index (χ0v) is 16.6. The first kappa shape index (κ1) is 17.5. The minimum absolute atomic E-state index is 0.167. The van der Waals surface area contributed by atoms with E-state index < -0.39 is 0 Å². The van der Waals surface area contributed by atoms with E-state index in [-0.39, 0.29) is 41.1 Å². The van der Waals surface area contributed by atoms with Crippen molar-refractivity contribution in [3.05, 3.63) is 40.4 Å². The summed E-state index contributed by atoms with van der Waals surface area (Å²) >= 11 is 3.50. The highest BCUT2D eigenvalue weighted by atomic mass is 79.9. The molecule has 1 aliphatic heterocycles. The van der Waals surface area contributed by atoms with Crippen LogP contribution in [0.3, 0.4) is 0 Å². The molecule has 2 aliphatic carbocycles. The van der Waals surface area contributed by atoms with E-state index in [1.807, 2.05) is 39.0 Å². The molecule has 1 aromatic rings. The Labute approximate surface area is 161 Å². The Bertz CT molecular complexity index is 810. The number of amides is 2. The van der Waals surface area contributed by atoms with E-state index in [0.29, 0.717) is 0 Å². The fraction of sp³-hybridized carbons (Fsp3) is 0.450. The molecule has 6 heteroatoms. The van der Waals surface area contributed by atoms with Gasteiger partial charge >= 0.3 is 0 Å². The van der Waals surface area contributed by atoms with Crippen molar-refractivity contribution in [3.63, 3.8) is 0 Å². The molecule has 1 heterocycles. The van der Waals surface area contributed by atoms with Crippen LogP contribution < -0.4 is 4.74 Å². The fourth-order valence-electron chi connectivity index (χ4n) is 4.13. The second-order valence-corrected chi connectivity index (χ2v) is 8.99. The van der Waals surface area contributed by atoms with Crippen molar-refractivity contribution in [3.8, 4) is 5.75 Å². The number of nitrogens with zero attached hydrogens (tertiary/aromatic N) is 2. The van der Waals surface area contributed by atoms with Crippen LogP contribution in [-0.2, 0) is 9.59 Å². The maximum Gasteiger partial charge on any atom is 0.254 e. The molecule has 2 amide bonds. The van der Waals surface area contributed by atoms with Crippen LogP contribution >= 0.6 is 15.9 Å². The molecular formula is C20H21BrN2O3. The molecule has 4 atom stereocenters. The van der Waals surface area contributed by atoms with E-state index in [2.05, 4.69) is 33.2 Å². The molecule has 1 saturated carbocycles. The predicted octanol–water partition coefficient (Wildman–Crippen LogP) is 3.77. The number of allylic oxidation sites excluding steroid dienone is 2. The van der Waals surface area contributed by atoms with E-state index in [1.165, 1.54) is 0 Å². The summed E-state index contributed by atoms with van der Waals surface area (Å²) in [4.78, 5) is 25.2. The summed E-state index contributed by atoms with van der Waals surface area (Å²) in [7, 11) is 0. The number of carbonyl (C=O) groups is 2. The molecule has 1 aromatic carbocycles. The van der Waals surface area contributed by atoms with E-state index in [1.54, 1.807) is 6.21 Å². The van der Waals surface area contributed by atoms with Crippen LogP contribution in [0, 0.1) is 23.7 Å². The van der Waals surface area contributed by atoms with Crippen LogP contribution in [0.15, 0.2) is 39.9 Å². The Kier molecular flexibility index (Phi) is 4.06. The molecule has 4 rings (SSSR count). The van der Waals surface area contributed by atoms with Gasteiger partial charge in [-0.1, -0.05) is 12.2 Å². The number of fused-ring (bicyclic) bond motifs is 5. The van der Waals surface area contributed by atoms with Gasteiger partial charge in [0.15, 0.2) is 0 Å². The van der Waals surface area contributed by atoms with Gasteiger partial charge in [-0.2, -0.15) is 10.1 Å². The van der Waals surface area contributed by atoms with Gasteiger partial charge in [-0.05, 0) is 78.7 Å². The maximum absolute atomic E-state index is 12.6. The van der Waals surface area contributed by atoms with Crippen LogP contribution in [0.25, 0.3) is 0 Å². The predicted molar refractivity (Wildman–Crippen MR) is 102 cm³/mol. The zero-order valence-electron chi connectivity index (χ0n) is 15.0. The van der Waals surface area contributed by atoms with Gasteiger partial charge in [0, 0.05) is 0 Å². The Morgan fingerprint density at radius 2 is 1.77 bits per heavy atom. The first-order chi connectivity index (χ1) is 12.2. The van der Waals surface area contributed by atoms with E-state index in [9.17, 15) is 9.59 Å². The highest BCUT2D eigenvalue weighted by Crippen LogP contribution is 2.52. The van der Waals surface area contributed by atoms with Crippen LogP contribution in [-0.4, -0.2) is 28.6 Å². The van der Waals surface area contributed by atoms with Gasteiger partial charge in [-0.15, -0.1) is 0 Å². The van der Waals surface area contributed by atoms with Crippen molar-refractivity contribution in [1.82, 2.24) is 5.01 Å². The molecular weight excluding hydrogens is 396 g/mol. The highest BCUT2D eigenvalue weighted by molar-refractivity contribution is 9.10. The smallest absolute Gasteiger partial charge is 0.254 e. The number of hydrogen-bond donors (Lipinski definition) is 0. The molecule has 0 unspecified atom stereocenters. The van der Waals surface area contributed by atoms with Crippen LogP contribution in [0.4, 0.5) is 0 Å². The van der Waals surface area contributed by atoms with E-state index >= 15 is 0 Å². The standard InChI is InChI=1S/C20H21BrN2O3/c1-20(2,3)26-15-7-4-11(8-14(15)21)10-22-23-18(24)16-12-5-6-13(9-12)17(16)19(23)25/h4-8,10,12-13,16-17H,9H2,1-3H3/t12-,13-,16-,17+/m0/s1. The number of halogens is 1. The van der Waals surface area contributed by atoms with Gasteiger partial charge in [0.05, 0.1) is 22.5 Å². The molecule has 5 nitrogen and oxygen atoms in total. The molecule has 26 heavy (non-hydrogen) atoms. The minimum atomic E-state index is -0.294. The maximum atomic E-state index is 12.6. The largest absolute Gasteiger partial charge is 0.487 e. The topological polar surface area (TPSA) is 59.0 Å². The third kappa shape index (κ3) is 2.90. The Morgan fingerprint density at radius 1 is 1.15 bits per heavy atom. The van der Waals surface area contributed by atoms with Crippen LogP contribution in [0.5, 0.6) is 5.75 Å². The molecule has 1 saturated heterocycles. The number of ether oxygens (including phenoxy) is 1. The fourth-order valence-corrected chi connectivity index (χ4v) is 4.61. The molecule has 2 fully saturated rings. The summed E-state index contributed by atoms with van der Waals surface area (Å²) in [5, 5.41) is 5.26. The number of hydrazone groups is 1. The van der Waals surface area contributed by atoms with Crippen molar-refractivity contribution < 1.29 is 14.3 Å². The molecule has 0 N–H and O–H groups in total. The lowest BCUT2D eigenvalue weighted by atomic mass is 9.85. The van der Waals surface area contributed by atoms with Gasteiger partial charge in [-0.25, -0.2) is 0 Å². The van der Waals surface area contributed by atoms with Crippen molar-refractivity contribution in [2.75, 3.05) is 0 Å². The highest BCUT2D eigenvalue weighted by Gasteiger charge is 2.59. The average Bonchev–Trinajstić information content (AvgIpc) is 3.22. The first-order valence-electron chi connectivity index (χ1n) is 8.83. The SMILES string of the molecule is CC(C)(C)Oc1ccc(C=NN2C(=O)[C@@H]3[C@H](C2=O)[C@H]2C=C[C@H]3C2)cc1Br. The first-order valence-corrected chi connectivity index (χ1v) is 9.62. The second-order valence-electron chi connectivity index (χ2n) is 8.14. The lowest BCUT2D eigenvalue weighted by Gasteiger charge is -2.22. The van der Waals surface area contributed by atoms with Gasteiger partial charge in [-0.3, -0.25) is 9.59 Å².